The zero-order valence-electron chi connectivity index (χ0n) is 16.6. The average molecular weight is 391 g/mol. The van der Waals surface area contributed by atoms with Crippen LogP contribution in [-0.2, 0) is 6.42 Å². The second-order valence-corrected chi connectivity index (χ2v) is 8.06. The van der Waals surface area contributed by atoms with Gasteiger partial charge in [-0.25, -0.2) is 9.97 Å². The Morgan fingerprint density at radius 3 is 2.68 bits per heavy atom. The third kappa shape index (κ3) is 5.42. The summed E-state index contributed by atoms with van der Waals surface area (Å²) in [6.45, 7) is 10.7. The summed E-state index contributed by atoms with van der Waals surface area (Å²) in [7, 11) is 0. The molecule has 0 radical (unpaired) electrons. The average Bonchev–Trinajstić information content (AvgIpc) is 2.70. The minimum absolute atomic E-state index is 0.663. The molecule has 1 N–H and O–H groups in total. The first-order valence-corrected chi connectivity index (χ1v) is 10.3. The quantitative estimate of drug-likeness (QED) is 0.470. The van der Waals surface area contributed by atoms with E-state index in [9.17, 15) is 0 Å². The Labute approximate surface area is 171 Å². The third-order valence-electron chi connectivity index (χ3n) is 4.62. The largest absolute Gasteiger partial charge is 0.335 e. The van der Waals surface area contributed by atoms with E-state index in [2.05, 4.69) is 60.8 Å². The van der Waals surface area contributed by atoms with Crippen LogP contribution in [0.25, 0.3) is 11.3 Å². The summed E-state index contributed by atoms with van der Waals surface area (Å²) in [5, 5.41) is 5.05. The summed E-state index contributed by atoms with van der Waals surface area (Å²) in [5.74, 6) is 1.48. The fourth-order valence-corrected chi connectivity index (χ4v) is 3.56. The van der Waals surface area contributed by atoms with Crippen LogP contribution in [0.15, 0.2) is 71.6 Å². The van der Waals surface area contributed by atoms with Crippen molar-refractivity contribution in [2.24, 2.45) is 5.92 Å². The van der Waals surface area contributed by atoms with E-state index < -0.39 is 0 Å². The van der Waals surface area contributed by atoms with E-state index in [1.807, 2.05) is 24.4 Å². The van der Waals surface area contributed by atoms with Crippen molar-refractivity contribution in [3.63, 3.8) is 0 Å². The van der Waals surface area contributed by atoms with E-state index in [-0.39, 0.29) is 0 Å². The molecule has 0 aliphatic heterocycles. The maximum Gasteiger partial charge on any atom is 0.130 e. The van der Waals surface area contributed by atoms with Crippen molar-refractivity contribution < 1.29 is 0 Å². The molecular formula is C23H26N4S. The Morgan fingerprint density at radius 1 is 1.14 bits per heavy atom. The highest BCUT2D eigenvalue weighted by Crippen LogP contribution is 2.30. The van der Waals surface area contributed by atoms with E-state index in [1.54, 1.807) is 12.4 Å². The molecule has 0 aliphatic carbocycles. The number of rotatable bonds is 8. The summed E-state index contributed by atoms with van der Waals surface area (Å²) in [6.07, 6.45) is 7.64. The van der Waals surface area contributed by atoms with Gasteiger partial charge >= 0.3 is 0 Å². The maximum absolute atomic E-state index is 4.81. The Morgan fingerprint density at radius 2 is 1.93 bits per heavy atom. The highest BCUT2D eigenvalue weighted by Gasteiger charge is 2.09. The number of aryl methyl sites for hydroxylation is 1. The molecule has 1 unspecified atom stereocenters. The predicted molar refractivity (Wildman–Crippen MR) is 118 cm³/mol. The molecule has 3 aromatic rings. The second kappa shape index (κ2) is 9.51. The van der Waals surface area contributed by atoms with Crippen molar-refractivity contribution in [2.75, 3.05) is 5.32 Å². The van der Waals surface area contributed by atoms with E-state index in [4.69, 9.17) is 4.98 Å². The highest BCUT2D eigenvalue weighted by molar-refractivity contribution is 8.03. The van der Waals surface area contributed by atoms with Gasteiger partial charge < -0.3 is 5.32 Å². The number of anilines is 1. The second-order valence-electron chi connectivity index (χ2n) is 6.97. The van der Waals surface area contributed by atoms with Crippen molar-refractivity contribution in [2.45, 2.75) is 38.6 Å². The van der Waals surface area contributed by atoms with Gasteiger partial charge in [0.1, 0.15) is 10.8 Å². The van der Waals surface area contributed by atoms with E-state index in [0.29, 0.717) is 5.92 Å². The molecule has 0 fully saturated rings. The van der Waals surface area contributed by atoms with Crippen LogP contribution >= 0.6 is 11.8 Å². The normalized spacial score (nSPS) is 11.8. The van der Waals surface area contributed by atoms with Gasteiger partial charge in [0.25, 0.3) is 0 Å². The Kier molecular flexibility index (Phi) is 6.82. The summed E-state index contributed by atoms with van der Waals surface area (Å²) >= 11 is 1.53. The molecule has 144 valence electrons. The fraction of sp³-hybridized carbons (Fsp3) is 0.261. The molecule has 28 heavy (non-hydrogen) atoms. The summed E-state index contributed by atoms with van der Waals surface area (Å²) in [4.78, 5) is 13.3. The number of nitrogens with zero attached hydrogens (tertiary/aromatic N) is 3. The summed E-state index contributed by atoms with van der Waals surface area (Å²) in [6, 6.07) is 12.2. The Bertz CT molecular complexity index is 940. The standard InChI is InChI=1S/C23H26N4S/c1-5-16(2)14-19-8-13-25-22(15-19)26-18(4)28-23-17(3)6-7-21(27-23)20-9-11-24-12-10-20/h6-13,15-16H,4-5,14H2,1-3H3,(H,25,26). The van der Waals surface area contributed by atoms with Crippen molar-refractivity contribution in [3.8, 4) is 11.3 Å². The summed E-state index contributed by atoms with van der Waals surface area (Å²) < 4.78 is 0. The third-order valence-corrected chi connectivity index (χ3v) is 5.57. The molecule has 3 heterocycles. The monoisotopic (exact) mass is 390 g/mol. The molecule has 4 nitrogen and oxygen atoms in total. The maximum atomic E-state index is 4.81. The smallest absolute Gasteiger partial charge is 0.130 e. The molecule has 0 aliphatic rings. The molecule has 0 saturated heterocycles. The predicted octanol–water partition coefficient (Wildman–Crippen LogP) is 6.11. The molecule has 5 heteroatoms. The van der Waals surface area contributed by atoms with E-state index >= 15 is 0 Å². The first kappa shape index (κ1) is 20.1. The van der Waals surface area contributed by atoms with Crippen LogP contribution in [0.2, 0.25) is 0 Å². The number of aromatic nitrogens is 3. The number of nitrogens with one attached hydrogen (secondary N) is 1. The van der Waals surface area contributed by atoms with Gasteiger partial charge in [-0.1, -0.05) is 44.7 Å². The lowest BCUT2D eigenvalue weighted by Crippen LogP contribution is -2.02. The Balaban J connectivity index is 1.71. The first-order chi connectivity index (χ1) is 13.5. The van der Waals surface area contributed by atoms with Gasteiger partial charge in [-0.05, 0) is 60.7 Å². The lowest BCUT2D eigenvalue weighted by Gasteiger charge is -2.13. The van der Waals surface area contributed by atoms with Gasteiger partial charge in [-0.2, -0.15) is 0 Å². The molecule has 3 aromatic heterocycles. The van der Waals surface area contributed by atoms with Gasteiger partial charge in [-0.3, -0.25) is 4.98 Å². The van der Waals surface area contributed by atoms with Crippen molar-refractivity contribution in [3.05, 3.63) is 77.7 Å². The molecule has 0 aromatic carbocycles. The van der Waals surface area contributed by atoms with Crippen molar-refractivity contribution >= 4 is 17.6 Å². The molecule has 1 atom stereocenters. The van der Waals surface area contributed by atoms with Crippen LogP contribution in [0.3, 0.4) is 0 Å². The number of hydrogen-bond donors (Lipinski definition) is 1. The number of hydrogen-bond acceptors (Lipinski definition) is 5. The van der Waals surface area contributed by atoms with Crippen LogP contribution in [0.4, 0.5) is 5.82 Å². The van der Waals surface area contributed by atoms with E-state index in [0.717, 1.165) is 39.1 Å². The minimum Gasteiger partial charge on any atom is -0.335 e. The Hall–Kier alpha value is -2.66. The number of thioether (sulfide) groups is 1. The highest BCUT2D eigenvalue weighted by atomic mass is 32.2. The molecule has 0 spiro atoms. The van der Waals surface area contributed by atoms with Gasteiger partial charge in [-0.15, -0.1) is 0 Å². The zero-order chi connectivity index (χ0) is 19.9. The van der Waals surface area contributed by atoms with Crippen LogP contribution in [-0.4, -0.2) is 15.0 Å². The van der Waals surface area contributed by atoms with Gasteiger partial charge in [0.2, 0.25) is 0 Å². The van der Waals surface area contributed by atoms with Crippen molar-refractivity contribution in [1.29, 1.82) is 0 Å². The fourth-order valence-electron chi connectivity index (χ4n) is 2.80. The van der Waals surface area contributed by atoms with E-state index in [1.165, 1.54) is 23.7 Å². The van der Waals surface area contributed by atoms with Gasteiger partial charge in [0, 0.05) is 24.2 Å². The van der Waals surface area contributed by atoms with Crippen LogP contribution < -0.4 is 5.32 Å². The molecule has 0 amide bonds. The van der Waals surface area contributed by atoms with Crippen LogP contribution in [0, 0.1) is 12.8 Å². The topological polar surface area (TPSA) is 50.7 Å². The lowest BCUT2D eigenvalue weighted by molar-refractivity contribution is 0.560. The van der Waals surface area contributed by atoms with Gasteiger partial charge in [0.05, 0.1) is 10.7 Å². The zero-order valence-corrected chi connectivity index (χ0v) is 17.5. The van der Waals surface area contributed by atoms with Crippen LogP contribution in [0.1, 0.15) is 31.4 Å². The van der Waals surface area contributed by atoms with Crippen LogP contribution in [0.5, 0.6) is 0 Å². The number of pyridine rings is 3. The van der Waals surface area contributed by atoms with Crippen molar-refractivity contribution in [1.82, 2.24) is 15.0 Å². The van der Waals surface area contributed by atoms with Gasteiger partial charge in [0.15, 0.2) is 0 Å². The minimum atomic E-state index is 0.663. The first-order valence-electron chi connectivity index (χ1n) is 9.52. The molecule has 3 rings (SSSR count). The lowest BCUT2D eigenvalue weighted by atomic mass is 10.00. The SMILES string of the molecule is C=C(Nc1cc(CC(C)CC)ccn1)Sc1nc(-c2ccncc2)ccc1C. The molecule has 0 saturated carbocycles. The molecule has 0 bridgehead atoms. The molecular weight excluding hydrogens is 364 g/mol. The summed E-state index contributed by atoms with van der Waals surface area (Å²) in [5.41, 5.74) is 4.38.